The van der Waals surface area contributed by atoms with Crippen LogP contribution in [0.2, 0.25) is 0 Å². The van der Waals surface area contributed by atoms with Crippen LogP contribution in [0.5, 0.6) is 5.75 Å². The van der Waals surface area contributed by atoms with Crippen LogP contribution < -0.4 is 4.74 Å². The first-order valence-electron chi connectivity index (χ1n) is 11.1. The maximum absolute atomic E-state index is 11.5. The van der Waals surface area contributed by atoms with Crippen molar-refractivity contribution in [3.63, 3.8) is 0 Å². The van der Waals surface area contributed by atoms with Gasteiger partial charge in [0.1, 0.15) is 5.75 Å². The average molecular weight is 442 g/mol. The van der Waals surface area contributed by atoms with E-state index in [0.717, 1.165) is 47.3 Å². The lowest BCUT2D eigenvalue weighted by atomic mass is 9.86. The molecule has 0 heterocycles. The Balaban J connectivity index is 1.51. The minimum Gasteiger partial charge on any atom is -0.482 e. The number of fused-ring (bicyclic) bond motifs is 1. The van der Waals surface area contributed by atoms with Crippen molar-refractivity contribution in [2.45, 2.75) is 25.4 Å². The third-order valence-electron chi connectivity index (χ3n) is 5.63. The number of hydrogen-bond donors (Lipinski definition) is 0. The first-order chi connectivity index (χ1) is 16.3. The van der Waals surface area contributed by atoms with Crippen molar-refractivity contribution >= 4 is 17.8 Å². The molecule has 0 fully saturated rings. The van der Waals surface area contributed by atoms with E-state index in [1.54, 1.807) is 6.21 Å². The van der Waals surface area contributed by atoms with E-state index in [0.29, 0.717) is 0 Å². The Hall–Kier alpha value is -3.86. The topological polar surface area (TPSA) is 57.1 Å². The lowest BCUT2D eigenvalue weighted by Gasteiger charge is -2.21. The molecule has 1 aliphatic carbocycles. The molecule has 0 N–H and O–H groups in total. The number of nitrogens with zero attached hydrogens (tertiary/aromatic N) is 1. The lowest BCUT2D eigenvalue weighted by molar-refractivity contribution is -0.142. The number of methoxy groups -OCH3 is 1. The minimum atomic E-state index is -0.394. The van der Waals surface area contributed by atoms with Gasteiger partial charge in [-0.2, -0.15) is 0 Å². The Morgan fingerprint density at radius 1 is 0.939 bits per heavy atom. The Morgan fingerprint density at radius 2 is 1.64 bits per heavy atom. The van der Waals surface area contributed by atoms with E-state index in [9.17, 15) is 4.79 Å². The van der Waals surface area contributed by atoms with Crippen LogP contribution in [-0.4, -0.2) is 25.9 Å². The fourth-order valence-corrected chi connectivity index (χ4v) is 4.00. The van der Waals surface area contributed by atoms with Gasteiger partial charge in [-0.05, 0) is 53.7 Å². The maximum Gasteiger partial charge on any atom is 0.343 e. The van der Waals surface area contributed by atoms with Crippen molar-refractivity contribution in [2.24, 2.45) is 5.16 Å². The van der Waals surface area contributed by atoms with Crippen LogP contribution in [0.4, 0.5) is 0 Å². The van der Waals surface area contributed by atoms with E-state index in [-0.39, 0.29) is 12.7 Å². The van der Waals surface area contributed by atoms with E-state index in [4.69, 9.17) is 9.57 Å². The molecule has 168 valence electrons. The Labute approximate surface area is 194 Å². The van der Waals surface area contributed by atoms with Gasteiger partial charge in [-0.1, -0.05) is 78.0 Å². The molecule has 3 aromatic rings. The van der Waals surface area contributed by atoms with Gasteiger partial charge < -0.3 is 14.3 Å². The van der Waals surface area contributed by atoms with Crippen LogP contribution in [0.25, 0.3) is 5.57 Å². The van der Waals surface area contributed by atoms with Gasteiger partial charge in [-0.3, -0.25) is 0 Å². The number of allylic oxidation sites excluding steroid dienone is 2. The normalized spacial score (nSPS) is 14.3. The summed E-state index contributed by atoms with van der Waals surface area (Å²) in [5.74, 6) is 0.333. The largest absolute Gasteiger partial charge is 0.482 e. The second-order valence-corrected chi connectivity index (χ2v) is 7.75. The second-order valence-electron chi connectivity index (χ2n) is 7.75. The van der Waals surface area contributed by atoms with Crippen molar-refractivity contribution in [2.75, 3.05) is 13.7 Å². The zero-order valence-electron chi connectivity index (χ0n) is 18.6. The van der Waals surface area contributed by atoms with Crippen LogP contribution in [0.15, 0.2) is 90.1 Å². The fourth-order valence-electron chi connectivity index (χ4n) is 4.00. The molecular weight excluding hydrogens is 414 g/mol. The minimum absolute atomic E-state index is 0.0956. The van der Waals surface area contributed by atoms with E-state index in [2.05, 4.69) is 16.0 Å². The highest BCUT2D eigenvalue weighted by molar-refractivity contribution is 5.86. The smallest absolute Gasteiger partial charge is 0.343 e. The lowest BCUT2D eigenvalue weighted by Crippen LogP contribution is -2.14. The van der Waals surface area contributed by atoms with Crippen molar-refractivity contribution < 1.29 is 19.1 Å². The van der Waals surface area contributed by atoms with E-state index >= 15 is 0 Å². The summed E-state index contributed by atoms with van der Waals surface area (Å²) < 4.78 is 10.4. The van der Waals surface area contributed by atoms with Crippen molar-refractivity contribution in [1.82, 2.24) is 0 Å². The molecule has 1 aliphatic rings. The average Bonchev–Trinajstić information content (AvgIpc) is 2.88. The summed E-state index contributed by atoms with van der Waals surface area (Å²) in [6.45, 7) is -0.0956. The maximum atomic E-state index is 11.5. The molecule has 0 bridgehead atoms. The molecule has 33 heavy (non-hydrogen) atoms. The number of oxime groups is 1. The molecule has 0 aliphatic heterocycles. The van der Waals surface area contributed by atoms with Crippen LogP contribution in [0, 0.1) is 0 Å². The Morgan fingerprint density at radius 3 is 2.30 bits per heavy atom. The number of carbonyl (C=O) groups excluding carboxylic acids is 1. The Bertz CT molecular complexity index is 1080. The van der Waals surface area contributed by atoms with Crippen molar-refractivity contribution in [1.29, 1.82) is 0 Å². The molecular formula is C28H27NO4. The van der Waals surface area contributed by atoms with E-state index < -0.39 is 5.97 Å². The van der Waals surface area contributed by atoms with Gasteiger partial charge in [0.25, 0.3) is 0 Å². The number of rotatable bonds is 8. The molecule has 0 saturated carbocycles. The molecule has 0 unspecified atom stereocenters. The fraction of sp³-hybridized carbons (Fsp3) is 0.214. The highest BCUT2D eigenvalue weighted by Gasteiger charge is 2.18. The van der Waals surface area contributed by atoms with Gasteiger partial charge in [-0.15, -0.1) is 0 Å². The third-order valence-corrected chi connectivity index (χ3v) is 5.63. The summed E-state index contributed by atoms with van der Waals surface area (Å²) in [4.78, 5) is 17.4. The molecule has 0 amide bonds. The van der Waals surface area contributed by atoms with Gasteiger partial charge in [0, 0.05) is 5.56 Å². The first kappa shape index (κ1) is 22.3. The standard InChI is InChI=1S/C28H27NO4/c1-31-27(30)20-32-26-17-9-15-24-21(14-8-16-25(24)26)18-19-29-33-28(22-10-4-2-5-11-22)23-12-6-3-7-13-23/h2-7,9-13,15,17-19,28H,8,14,16,20H2,1H3. The summed E-state index contributed by atoms with van der Waals surface area (Å²) in [6.07, 6.45) is 6.28. The number of esters is 1. The van der Waals surface area contributed by atoms with Gasteiger partial charge >= 0.3 is 5.97 Å². The quantitative estimate of drug-likeness (QED) is 0.254. The summed E-state index contributed by atoms with van der Waals surface area (Å²) in [5, 5.41) is 4.29. The molecule has 0 radical (unpaired) electrons. The summed E-state index contributed by atoms with van der Waals surface area (Å²) in [5.41, 5.74) is 5.49. The Kier molecular flexibility index (Phi) is 7.54. The van der Waals surface area contributed by atoms with Crippen LogP contribution in [-0.2, 0) is 20.8 Å². The first-order valence-corrected chi connectivity index (χ1v) is 11.1. The molecule has 5 heteroatoms. The number of benzene rings is 3. The summed E-state index contributed by atoms with van der Waals surface area (Å²) in [6, 6.07) is 26.1. The molecule has 4 rings (SSSR count). The van der Waals surface area contributed by atoms with E-state index in [1.165, 1.54) is 12.7 Å². The van der Waals surface area contributed by atoms with E-state index in [1.807, 2.05) is 78.9 Å². The second kappa shape index (κ2) is 11.1. The van der Waals surface area contributed by atoms with Gasteiger partial charge in [0.05, 0.1) is 13.3 Å². The van der Waals surface area contributed by atoms with Crippen LogP contribution >= 0.6 is 0 Å². The molecule has 0 aromatic heterocycles. The molecule has 0 spiro atoms. The van der Waals surface area contributed by atoms with Crippen molar-refractivity contribution in [3.8, 4) is 5.75 Å². The molecule has 5 nitrogen and oxygen atoms in total. The number of ether oxygens (including phenoxy) is 2. The molecule has 0 saturated heterocycles. The zero-order chi connectivity index (χ0) is 22.9. The van der Waals surface area contributed by atoms with Gasteiger partial charge in [0.15, 0.2) is 12.7 Å². The highest BCUT2D eigenvalue weighted by atomic mass is 16.6. The number of carbonyl (C=O) groups is 1. The molecule has 0 atom stereocenters. The van der Waals surface area contributed by atoms with Crippen molar-refractivity contribution in [3.05, 3.63) is 107 Å². The molecule has 3 aromatic carbocycles. The summed E-state index contributed by atoms with van der Waals surface area (Å²) >= 11 is 0. The highest BCUT2D eigenvalue weighted by Crippen LogP contribution is 2.36. The predicted octanol–water partition coefficient (Wildman–Crippen LogP) is 5.75. The monoisotopic (exact) mass is 441 g/mol. The summed E-state index contributed by atoms with van der Waals surface area (Å²) in [7, 11) is 1.36. The predicted molar refractivity (Wildman–Crippen MR) is 129 cm³/mol. The third kappa shape index (κ3) is 5.69. The van der Waals surface area contributed by atoms with Gasteiger partial charge in [-0.25, -0.2) is 4.79 Å². The zero-order valence-corrected chi connectivity index (χ0v) is 18.6. The number of hydrogen-bond acceptors (Lipinski definition) is 5. The van der Waals surface area contributed by atoms with Gasteiger partial charge in [0.2, 0.25) is 0 Å². The SMILES string of the molecule is COC(=O)COc1cccc2c1CCCC2=CC=NOC(c1ccccc1)c1ccccc1. The van der Waals surface area contributed by atoms with Crippen LogP contribution in [0.3, 0.4) is 0 Å². The van der Waals surface area contributed by atoms with Crippen LogP contribution in [0.1, 0.15) is 41.2 Å².